The van der Waals surface area contributed by atoms with Crippen molar-refractivity contribution in [1.82, 2.24) is 9.88 Å². The predicted molar refractivity (Wildman–Crippen MR) is 62.3 cm³/mol. The standard InChI is InChI=1S/C11H16N4O/c1-16-10-4-2-5-13-9(10)8-14-11(12)15-6-3-7-15/h2,4-5H,3,6-8H2,1H3,(H2,12,14). The second kappa shape index (κ2) is 4.83. The Bertz CT molecular complexity index is 387. The lowest BCUT2D eigenvalue weighted by molar-refractivity contribution is 0.295. The first-order valence-corrected chi connectivity index (χ1v) is 5.34. The molecule has 1 aliphatic heterocycles. The van der Waals surface area contributed by atoms with Crippen LogP contribution in [0.15, 0.2) is 23.3 Å². The van der Waals surface area contributed by atoms with Gasteiger partial charge in [-0.15, -0.1) is 0 Å². The normalized spacial score (nSPS) is 15.8. The van der Waals surface area contributed by atoms with Gasteiger partial charge in [-0.05, 0) is 18.6 Å². The minimum absolute atomic E-state index is 0.465. The van der Waals surface area contributed by atoms with Gasteiger partial charge in [0.05, 0.1) is 13.7 Å². The van der Waals surface area contributed by atoms with Gasteiger partial charge >= 0.3 is 0 Å². The van der Waals surface area contributed by atoms with E-state index in [0.29, 0.717) is 12.5 Å². The van der Waals surface area contributed by atoms with Crippen molar-refractivity contribution in [3.05, 3.63) is 24.0 Å². The van der Waals surface area contributed by atoms with Crippen LogP contribution in [0, 0.1) is 0 Å². The Morgan fingerprint density at radius 1 is 1.62 bits per heavy atom. The van der Waals surface area contributed by atoms with E-state index in [4.69, 9.17) is 10.5 Å². The van der Waals surface area contributed by atoms with Gasteiger partial charge in [-0.2, -0.15) is 0 Å². The Morgan fingerprint density at radius 3 is 3.06 bits per heavy atom. The molecule has 5 heteroatoms. The Kier molecular flexibility index (Phi) is 3.24. The summed E-state index contributed by atoms with van der Waals surface area (Å²) in [7, 11) is 1.63. The number of guanidine groups is 1. The minimum Gasteiger partial charge on any atom is -0.495 e. The van der Waals surface area contributed by atoms with Gasteiger partial charge in [-0.25, -0.2) is 4.99 Å². The highest BCUT2D eigenvalue weighted by Crippen LogP contribution is 2.15. The zero-order valence-electron chi connectivity index (χ0n) is 9.39. The third kappa shape index (κ3) is 2.24. The van der Waals surface area contributed by atoms with Gasteiger partial charge in [0.25, 0.3) is 0 Å². The number of nitrogens with zero attached hydrogens (tertiary/aromatic N) is 3. The van der Waals surface area contributed by atoms with Crippen LogP contribution in [0.3, 0.4) is 0 Å². The van der Waals surface area contributed by atoms with Crippen molar-refractivity contribution in [2.45, 2.75) is 13.0 Å². The Hall–Kier alpha value is -1.78. The summed E-state index contributed by atoms with van der Waals surface area (Å²) in [6, 6.07) is 3.71. The van der Waals surface area contributed by atoms with E-state index >= 15 is 0 Å². The summed E-state index contributed by atoms with van der Waals surface area (Å²) in [5.74, 6) is 1.35. The van der Waals surface area contributed by atoms with Crippen LogP contribution < -0.4 is 10.5 Å². The van der Waals surface area contributed by atoms with Gasteiger partial charge < -0.3 is 15.4 Å². The monoisotopic (exact) mass is 220 g/mol. The number of methoxy groups -OCH3 is 1. The summed E-state index contributed by atoms with van der Waals surface area (Å²) in [5.41, 5.74) is 6.64. The largest absolute Gasteiger partial charge is 0.495 e. The van der Waals surface area contributed by atoms with Crippen molar-refractivity contribution >= 4 is 5.96 Å². The molecule has 16 heavy (non-hydrogen) atoms. The van der Waals surface area contributed by atoms with Crippen LogP contribution in [-0.2, 0) is 6.54 Å². The lowest BCUT2D eigenvalue weighted by Gasteiger charge is -2.31. The van der Waals surface area contributed by atoms with Gasteiger partial charge in [0.1, 0.15) is 11.4 Å². The molecule has 1 aromatic rings. The SMILES string of the molecule is COc1cccnc1CN=C(N)N1CCC1. The van der Waals surface area contributed by atoms with Crippen LogP contribution >= 0.6 is 0 Å². The lowest BCUT2D eigenvalue weighted by Crippen LogP contribution is -2.46. The highest BCUT2D eigenvalue weighted by atomic mass is 16.5. The van der Waals surface area contributed by atoms with Gasteiger partial charge in [-0.1, -0.05) is 0 Å². The topological polar surface area (TPSA) is 63.7 Å². The number of ether oxygens (including phenoxy) is 1. The van der Waals surface area contributed by atoms with E-state index in [0.717, 1.165) is 24.5 Å². The molecule has 0 radical (unpaired) electrons. The zero-order chi connectivity index (χ0) is 11.4. The van der Waals surface area contributed by atoms with E-state index in [2.05, 4.69) is 14.9 Å². The van der Waals surface area contributed by atoms with Gasteiger partial charge in [-0.3, -0.25) is 4.98 Å². The van der Waals surface area contributed by atoms with Crippen LogP contribution in [0.25, 0.3) is 0 Å². The summed E-state index contributed by atoms with van der Waals surface area (Å²) >= 11 is 0. The van der Waals surface area contributed by atoms with Crippen molar-refractivity contribution in [2.75, 3.05) is 20.2 Å². The molecule has 0 spiro atoms. The van der Waals surface area contributed by atoms with Crippen LogP contribution in [0.2, 0.25) is 0 Å². The number of nitrogens with two attached hydrogens (primary N) is 1. The lowest BCUT2D eigenvalue weighted by atomic mass is 10.2. The number of likely N-dealkylation sites (tertiary alicyclic amines) is 1. The highest BCUT2D eigenvalue weighted by Gasteiger charge is 2.15. The van der Waals surface area contributed by atoms with E-state index in [1.807, 2.05) is 12.1 Å². The first-order valence-electron chi connectivity index (χ1n) is 5.34. The number of hydrogen-bond donors (Lipinski definition) is 1. The molecular weight excluding hydrogens is 204 g/mol. The van der Waals surface area contributed by atoms with Crippen molar-refractivity contribution in [3.8, 4) is 5.75 Å². The Balaban J connectivity index is 2.02. The molecule has 0 aliphatic carbocycles. The predicted octanol–water partition coefficient (Wildman–Crippen LogP) is 0.611. The smallest absolute Gasteiger partial charge is 0.191 e. The first-order chi connectivity index (χ1) is 7.81. The third-order valence-electron chi connectivity index (χ3n) is 2.64. The fraction of sp³-hybridized carbons (Fsp3) is 0.455. The molecule has 0 saturated carbocycles. The van der Waals surface area contributed by atoms with Gasteiger partial charge in [0.15, 0.2) is 5.96 Å². The van der Waals surface area contributed by atoms with Crippen LogP contribution in [0.1, 0.15) is 12.1 Å². The van der Waals surface area contributed by atoms with Crippen molar-refractivity contribution in [2.24, 2.45) is 10.7 Å². The average Bonchev–Trinajstić information content (AvgIpc) is 2.24. The summed E-state index contributed by atoms with van der Waals surface area (Å²) in [4.78, 5) is 10.6. The second-order valence-corrected chi connectivity index (χ2v) is 3.67. The summed E-state index contributed by atoms with van der Waals surface area (Å²) in [5, 5.41) is 0. The minimum atomic E-state index is 0.465. The molecule has 0 bridgehead atoms. The maximum Gasteiger partial charge on any atom is 0.191 e. The molecule has 2 rings (SSSR count). The Morgan fingerprint density at radius 2 is 2.44 bits per heavy atom. The van der Waals surface area contributed by atoms with E-state index in [9.17, 15) is 0 Å². The summed E-state index contributed by atoms with van der Waals surface area (Å²) in [6.07, 6.45) is 2.93. The van der Waals surface area contributed by atoms with E-state index in [1.54, 1.807) is 13.3 Å². The van der Waals surface area contributed by atoms with E-state index in [1.165, 1.54) is 6.42 Å². The summed E-state index contributed by atoms with van der Waals surface area (Å²) in [6.45, 7) is 2.48. The second-order valence-electron chi connectivity index (χ2n) is 3.67. The van der Waals surface area contributed by atoms with Crippen molar-refractivity contribution < 1.29 is 4.74 Å². The van der Waals surface area contributed by atoms with Crippen LogP contribution in [-0.4, -0.2) is 36.0 Å². The highest BCUT2D eigenvalue weighted by molar-refractivity contribution is 5.78. The number of aromatic nitrogens is 1. The molecule has 2 N–H and O–H groups in total. The quantitative estimate of drug-likeness (QED) is 0.599. The molecule has 0 amide bonds. The molecule has 1 aromatic heterocycles. The zero-order valence-corrected chi connectivity index (χ0v) is 9.39. The first kappa shape index (κ1) is 10.7. The molecule has 1 aliphatic rings. The van der Waals surface area contributed by atoms with Crippen molar-refractivity contribution in [1.29, 1.82) is 0 Å². The fourth-order valence-corrected chi connectivity index (χ4v) is 1.53. The molecular formula is C11H16N4O. The van der Waals surface area contributed by atoms with E-state index < -0.39 is 0 Å². The number of aliphatic imine (C=N–C) groups is 1. The van der Waals surface area contributed by atoms with Crippen LogP contribution in [0.4, 0.5) is 0 Å². The van der Waals surface area contributed by atoms with E-state index in [-0.39, 0.29) is 0 Å². The number of pyridine rings is 1. The average molecular weight is 220 g/mol. The third-order valence-corrected chi connectivity index (χ3v) is 2.64. The fourth-order valence-electron chi connectivity index (χ4n) is 1.53. The van der Waals surface area contributed by atoms with Crippen LogP contribution in [0.5, 0.6) is 5.75 Å². The summed E-state index contributed by atoms with van der Waals surface area (Å²) < 4.78 is 5.19. The van der Waals surface area contributed by atoms with Crippen molar-refractivity contribution in [3.63, 3.8) is 0 Å². The maximum absolute atomic E-state index is 5.83. The maximum atomic E-state index is 5.83. The number of hydrogen-bond acceptors (Lipinski definition) is 3. The molecule has 0 unspecified atom stereocenters. The molecule has 5 nitrogen and oxygen atoms in total. The molecule has 0 aromatic carbocycles. The number of rotatable bonds is 3. The molecule has 0 atom stereocenters. The molecule has 1 fully saturated rings. The van der Waals surface area contributed by atoms with Gasteiger partial charge in [0, 0.05) is 19.3 Å². The molecule has 1 saturated heterocycles. The van der Waals surface area contributed by atoms with Gasteiger partial charge in [0.2, 0.25) is 0 Å². The molecule has 2 heterocycles. The molecule has 86 valence electrons. The Labute approximate surface area is 94.9 Å².